The lowest BCUT2D eigenvalue weighted by molar-refractivity contribution is 0.548. The average molecular weight is 1630 g/mol. The third-order valence-corrected chi connectivity index (χ3v) is 21.3. The van der Waals surface area contributed by atoms with Crippen LogP contribution < -0.4 is 76.5 Å². The third-order valence-electron chi connectivity index (χ3n) is 21.3. The van der Waals surface area contributed by atoms with E-state index in [2.05, 4.69) is 228 Å². The standard InChI is InChI=1S/C27H33B.C18H6BF9.C18H9BF6.C18H22BF.C18H15B/c1-16-10-19(4)25(20(5)11-16)28(26-21(6)12-17(2)13-22(26)7)27-23(8)14-18(3)15-24(27)9;20-7-1-10(23)16(11(24)2-7)19(17-12(25)3-8(21)4-13(17)26)18-14(27)5-9(22)6-15(18)28;20-10-4-1-5-11(21)16(10)19(17-12(22)6-2-7-13(17)23)18-14(24)8-3-9-15(18)25;1-11-7-13(3)17(14(4)8-11)19(20)18-15(5)9-12(2)10-16(18)6;1-4-10-16(11-5-1)19(17-12-6-2-7-13-17)18-14-8-3-9-15-18/h10-15H,1-9H3;1-6H;1-9H;7-10H,1-6H3;1-15H. The van der Waals surface area contributed by atoms with Crippen LogP contribution in [0.25, 0.3) is 0 Å². The van der Waals surface area contributed by atoms with Crippen molar-refractivity contribution < 1.29 is 70.2 Å². The molecule has 0 atom stereocenters. The second-order valence-electron chi connectivity index (χ2n) is 30.6. The molecule has 0 bridgehead atoms. The molecule has 120 heavy (non-hydrogen) atoms. The lowest BCUT2D eigenvalue weighted by atomic mass is 9.33. The monoisotopic (exact) mass is 1630 g/mol. The van der Waals surface area contributed by atoms with Crippen LogP contribution in [-0.2, 0) is 0 Å². The Labute approximate surface area is 693 Å². The number of aryl methyl sites for hydroxylation is 15. The first kappa shape index (κ1) is 90.6. The van der Waals surface area contributed by atoms with Crippen LogP contribution in [0, 0.1) is 191 Å². The van der Waals surface area contributed by atoms with Gasteiger partial charge in [-0.3, -0.25) is 0 Å². The van der Waals surface area contributed by atoms with Crippen molar-refractivity contribution in [2.75, 3.05) is 0 Å². The van der Waals surface area contributed by atoms with Crippen molar-refractivity contribution in [2.24, 2.45) is 0 Å². The van der Waals surface area contributed by atoms with Crippen LogP contribution in [0.2, 0.25) is 0 Å². The predicted octanol–water partition coefficient (Wildman–Crippen LogP) is 17.3. The maximum atomic E-state index is 15.2. The van der Waals surface area contributed by atoms with Crippen molar-refractivity contribution in [1.82, 2.24) is 0 Å². The van der Waals surface area contributed by atoms with E-state index < -0.39 is 140 Å². The molecule has 0 N–H and O–H groups in total. The van der Waals surface area contributed by atoms with E-state index in [1.54, 1.807) is 0 Å². The van der Waals surface area contributed by atoms with Crippen molar-refractivity contribution in [2.45, 2.75) is 104 Å². The van der Waals surface area contributed by atoms with Crippen LogP contribution in [0.1, 0.15) is 83.5 Å². The molecule has 21 heteroatoms. The first-order chi connectivity index (χ1) is 56.9. The smallest absolute Gasteiger partial charge is 0.322 e. The molecule has 0 fully saturated rings. The number of hydrogen-bond acceptors (Lipinski definition) is 0. The van der Waals surface area contributed by atoms with Gasteiger partial charge in [0.1, 0.15) is 87.3 Å². The minimum atomic E-state index is -2.48. The zero-order valence-corrected chi connectivity index (χ0v) is 69.0. The van der Waals surface area contributed by atoms with Crippen LogP contribution in [0.15, 0.2) is 243 Å². The molecule has 0 aliphatic carbocycles. The summed E-state index contributed by atoms with van der Waals surface area (Å²) in [6.45, 7) is 27.4. The van der Waals surface area contributed by atoms with Gasteiger partial charge in [-0.15, -0.1) is 0 Å². The molecule has 14 aromatic rings. The van der Waals surface area contributed by atoms with Gasteiger partial charge in [-0.1, -0.05) is 286 Å². The van der Waals surface area contributed by atoms with Crippen molar-refractivity contribution in [3.05, 3.63) is 413 Å². The summed E-state index contributed by atoms with van der Waals surface area (Å²) < 4.78 is 226. The summed E-state index contributed by atoms with van der Waals surface area (Å²) in [5.41, 5.74) is 22.5. The lowest BCUT2D eigenvalue weighted by Crippen LogP contribution is -2.59. The van der Waals surface area contributed by atoms with E-state index in [1.807, 2.05) is 27.7 Å². The van der Waals surface area contributed by atoms with Crippen molar-refractivity contribution >= 4 is 110 Å². The Morgan fingerprint density at radius 1 is 0.158 bits per heavy atom. The summed E-state index contributed by atoms with van der Waals surface area (Å²) in [7, 11) is 0. The SMILES string of the molecule is Cc1cc(C)c(B(F)c2c(C)cc(C)cc2C)c(C)c1.Cc1cc(C)c(B(c2c(C)cc(C)cc2C)c2c(C)cc(C)cc2C)c(C)c1.Fc1cc(F)c(B(c2c(F)cc(F)cc2F)c2c(F)cc(F)cc2F)c(F)c1.Fc1cccc(F)c1B(c1c(F)cccc1F)c1c(F)cccc1F.c1ccc(B(c2ccccc2)c2ccccc2)cc1. The minimum Gasteiger partial charge on any atom is -0.322 e. The highest BCUT2D eigenvalue weighted by Gasteiger charge is 2.40. The topological polar surface area (TPSA) is 0 Å². The quantitative estimate of drug-likeness (QED) is 0.0752. The molecule has 0 aliphatic heterocycles. The summed E-state index contributed by atoms with van der Waals surface area (Å²) in [4.78, 5) is 0. The molecule has 0 nitrogen and oxygen atoms in total. The summed E-state index contributed by atoms with van der Waals surface area (Å²) in [5.74, 6) is -21.5. The van der Waals surface area contributed by atoms with Crippen LogP contribution in [0.5, 0.6) is 0 Å². The second-order valence-corrected chi connectivity index (χ2v) is 30.6. The fourth-order valence-electron chi connectivity index (χ4n) is 16.9. The first-order valence-electron chi connectivity index (χ1n) is 38.8. The Bertz CT molecular complexity index is 5100. The molecule has 0 radical (unpaired) electrons. The Balaban J connectivity index is 0.000000159. The Morgan fingerprint density at radius 3 is 0.500 bits per heavy atom. The molecular weight excluding hydrogens is 1550 g/mol. The van der Waals surface area contributed by atoms with Gasteiger partial charge in [-0.2, -0.15) is 0 Å². The first-order valence-corrected chi connectivity index (χ1v) is 38.8. The molecule has 14 aromatic carbocycles. The van der Waals surface area contributed by atoms with Gasteiger partial charge in [-0.25, -0.2) is 65.9 Å². The van der Waals surface area contributed by atoms with Gasteiger partial charge in [0.15, 0.2) is 0 Å². The van der Waals surface area contributed by atoms with Crippen LogP contribution in [0.3, 0.4) is 0 Å². The molecule has 0 unspecified atom stereocenters. The lowest BCUT2D eigenvalue weighted by Gasteiger charge is -2.27. The van der Waals surface area contributed by atoms with Crippen molar-refractivity contribution in [3.63, 3.8) is 0 Å². The second kappa shape index (κ2) is 39.4. The number of hydrogen-bond donors (Lipinski definition) is 0. The van der Waals surface area contributed by atoms with Crippen LogP contribution in [-0.4, -0.2) is 33.8 Å². The van der Waals surface area contributed by atoms with E-state index >= 15 is 4.32 Å². The number of benzene rings is 14. The minimum absolute atomic E-state index is 0.129. The van der Waals surface area contributed by atoms with E-state index in [0.717, 1.165) is 87.8 Å². The fourth-order valence-corrected chi connectivity index (χ4v) is 16.9. The summed E-state index contributed by atoms with van der Waals surface area (Å²) in [5, 5.41) is 0. The zero-order valence-electron chi connectivity index (χ0n) is 69.0. The van der Waals surface area contributed by atoms with E-state index in [-0.39, 0.29) is 43.1 Å². The summed E-state index contributed by atoms with van der Waals surface area (Å²) in [6.07, 6.45) is 0. The van der Waals surface area contributed by atoms with E-state index in [4.69, 9.17) is 0 Å². The van der Waals surface area contributed by atoms with Crippen LogP contribution >= 0.6 is 0 Å². The fraction of sp³-hybridized carbons (Fsp3) is 0.152. The molecule has 0 amide bonds. The highest BCUT2D eigenvalue weighted by molar-refractivity contribution is 6.98. The highest BCUT2D eigenvalue weighted by Crippen LogP contribution is 2.21. The van der Waals surface area contributed by atoms with Crippen molar-refractivity contribution in [1.29, 1.82) is 0 Å². The maximum absolute atomic E-state index is 15.2. The molecule has 0 aromatic heterocycles. The molecule has 14 rings (SSSR count). The highest BCUT2D eigenvalue weighted by atomic mass is 19.2. The maximum Gasteiger partial charge on any atom is 0.414 e. The largest absolute Gasteiger partial charge is 0.414 e. The average Bonchev–Trinajstić information content (AvgIpc) is 0.672. The Kier molecular flexibility index (Phi) is 29.8. The van der Waals surface area contributed by atoms with E-state index in [1.165, 1.54) is 94.0 Å². The van der Waals surface area contributed by atoms with Gasteiger partial charge < -0.3 is 4.32 Å². The number of halogens is 16. The molecule has 0 saturated heterocycles. The Hall–Kier alpha value is -11.7. The summed E-state index contributed by atoms with van der Waals surface area (Å²) >= 11 is 0. The van der Waals surface area contributed by atoms with Crippen LogP contribution in [0.4, 0.5) is 70.2 Å². The molecule has 608 valence electrons. The Morgan fingerprint density at radius 2 is 0.317 bits per heavy atom. The van der Waals surface area contributed by atoms with Gasteiger partial charge in [0.2, 0.25) is 13.4 Å². The van der Waals surface area contributed by atoms with Gasteiger partial charge in [0, 0.05) is 69.2 Å². The van der Waals surface area contributed by atoms with Crippen molar-refractivity contribution in [3.8, 4) is 0 Å². The predicted molar refractivity (Wildman–Crippen MR) is 465 cm³/mol. The molecule has 0 saturated carbocycles. The molecule has 0 aliphatic rings. The van der Waals surface area contributed by atoms with Gasteiger partial charge in [-0.05, 0) is 151 Å². The molecule has 0 heterocycles. The third kappa shape index (κ3) is 20.7. The van der Waals surface area contributed by atoms with Gasteiger partial charge in [0.25, 0.3) is 13.4 Å². The van der Waals surface area contributed by atoms with E-state index in [0.29, 0.717) is 6.71 Å². The zero-order chi connectivity index (χ0) is 87.6. The number of rotatable bonds is 14. The van der Waals surface area contributed by atoms with Gasteiger partial charge in [0.05, 0.1) is 0 Å². The normalized spacial score (nSPS) is 10.8. The summed E-state index contributed by atoms with van der Waals surface area (Å²) in [6, 6.07) is 63.3. The molecular formula is C99H85B5F16. The van der Waals surface area contributed by atoms with Gasteiger partial charge >= 0.3 is 6.99 Å². The molecule has 0 spiro atoms. The van der Waals surface area contributed by atoms with E-state index in [9.17, 15) is 65.9 Å².